The van der Waals surface area contributed by atoms with Crippen LogP contribution in [0.25, 0.3) is 0 Å². The van der Waals surface area contributed by atoms with Gasteiger partial charge in [-0.15, -0.1) is 0 Å². The van der Waals surface area contributed by atoms with Crippen molar-refractivity contribution in [3.05, 3.63) is 30.3 Å². The molecule has 0 aliphatic rings. The number of carbonyl (C=O) groups excluding carboxylic acids is 1. The monoisotopic (exact) mass is 324 g/mol. The van der Waals surface area contributed by atoms with Gasteiger partial charge in [-0.25, -0.2) is 4.79 Å². The summed E-state index contributed by atoms with van der Waals surface area (Å²) < 4.78 is 5.45. The number of nitrogens with zero attached hydrogens (tertiary/aromatic N) is 1. The Labute approximate surface area is 135 Å². The Hall–Kier alpha value is -2.28. The van der Waals surface area contributed by atoms with E-state index in [1.54, 1.807) is 12.1 Å². The lowest BCUT2D eigenvalue weighted by Gasteiger charge is -2.29. The maximum absolute atomic E-state index is 12.0. The lowest BCUT2D eigenvalue weighted by Crippen LogP contribution is -2.48. The van der Waals surface area contributed by atoms with Crippen molar-refractivity contribution < 1.29 is 24.5 Å². The normalized spacial score (nSPS) is 11.8. The highest BCUT2D eigenvalue weighted by Crippen LogP contribution is 2.09. The van der Waals surface area contributed by atoms with E-state index in [1.165, 1.54) is 4.90 Å². The summed E-state index contributed by atoms with van der Waals surface area (Å²) in [4.78, 5) is 24.0. The fraction of sp³-hybridized carbons (Fsp3) is 0.500. The van der Waals surface area contributed by atoms with E-state index in [0.717, 1.165) is 0 Å². The van der Waals surface area contributed by atoms with Crippen molar-refractivity contribution in [1.82, 2.24) is 10.2 Å². The number of ether oxygens (including phenoxy) is 1. The first-order valence-electron chi connectivity index (χ1n) is 7.52. The number of hydrogen-bond donors (Lipinski definition) is 3. The van der Waals surface area contributed by atoms with Gasteiger partial charge >= 0.3 is 12.0 Å². The zero-order chi connectivity index (χ0) is 17.2. The van der Waals surface area contributed by atoms with Gasteiger partial charge in [0.1, 0.15) is 18.5 Å². The van der Waals surface area contributed by atoms with E-state index in [4.69, 9.17) is 9.84 Å². The molecular weight excluding hydrogens is 300 g/mol. The molecule has 0 saturated carbocycles. The standard InChI is InChI=1S/C16H24N2O5/c1-12(2)18(16(22)17-9-8-15(20)21)10-13(19)11-23-14-6-4-3-5-7-14/h3-7,12-13,19H,8-11H2,1-2H3,(H,17,22)(H,20,21). The van der Waals surface area contributed by atoms with Crippen LogP contribution in [0.2, 0.25) is 0 Å². The zero-order valence-electron chi connectivity index (χ0n) is 13.4. The van der Waals surface area contributed by atoms with E-state index in [-0.39, 0.29) is 32.2 Å². The number of aliphatic carboxylic acids is 1. The van der Waals surface area contributed by atoms with E-state index in [1.807, 2.05) is 32.0 Å². The molecule has 3 N–H and O–H groups in total. The van der Waals surface area contributed by atoms with Gasteiger partial charge in [0.15, 0.2) is 0 Å². The molecule has 128 valence electrons. The topological polar surface area (TPSA) is 99.1 Å². The molecule has 1 rings (SSSR count). The van der Waals surface area contributed by atoms with Crippen LogP contribution in [0.15, 0.2) is 30.3 Å². The molecule has 0 saturated heterocycles. The van der Waals surface area contributed by atoms with Crippen molar-refractivity contribution >= 4 is 12.0 Å². The van der Waals surface area contributed by atoms with Crippen molar-refractivity contribution in [3.63, 3.8) is 0 Å². The van der Waals surface area contributed by atoms with Crippen LogP contribution in [-0.4, -0.2) is 59.0 Å². The largest absolute Gasteiger partial charge is 0.491 e. The van der Waals surface area contributed by atoms with Crippen LogP contribution >= 0.6 is 0 Å². The molecule has 2 amide bonds. The number of nitrogens with one attached hydrogen (secondary N) is 1. The number of carbonyl (C=O) groups is 2. The Bertz CT molecular complexity index is 493. The SMILES string of the molecule is CC(C)N(CC(O)COc1ccccc1)C(=O)NCCC(=O)O. The smallest absolute Gasteiger partial charge is 0.317 e. The van der Waals surface area contributed by atoms with E-state index in [2.05, 4.69) is 5.32 Å². The maximum Gasteiger partial charge on any atom is 0.317 e. The zero-order valence-corrected chi connectivity index (χ0v) is 13.4. The summed E-state index contributed by atoms with van der Waals surface area (Å²) in [6.07, 6.45) is -0.986. The quantitative estimate of drug-likeness (QED) is 0.636. The number of aliphatic hydroxyl groups is 1. The van der Waals surface area contributed by atoms with E-state index >= 15 is 0 Å². The molecule has 1 unspecified atom stereocenters. The van der Waals surface area contributed by atoms with Crippen molar-refractivity contribution in [2.75, 3.05) is 19.7 Å². The highest BCUT2D eigenvalue weighted by molar-refractivity contribution is 5.75. The van der Waals surface area contributed by atoms with Crippen LogP contribution in [0.3, 0.4) is 0 Å². The molecule has 0 fully saturated rings. The summed E-state index contributed by atoms with van der Waals surface area (Å²) in [6.45, 7) is 3.86. The fourth-order valence-electron chi connectivity index (χ4n) is 1.90. The van der Waals surface area contributed by atoms with E-state index in [9.17, 15) is 14.7 Å². The van der Waals surface area contributed by atoms with Crippen molar-refractivity contribution in [1.29, 1.82) is 0 Å². The first-order chi connectivity index (χ1) is 10.9. The van der Waals surface area contributed by atoms with Gasteiger partial charge in [-0.05, 0) is 26.0 Å². The molecule has 0 spiro atoms. The van der Waals surface area contributed by atoms with Crippen LogP contribution in [-0.2, 0) is 4.79 Å². The molecule has 0 aliphatic carbocycles. The summed E-state index contributed by atoms with van der Waals surface area (Å²) in [6, 6.07) is 8.56. The highest BCUT2D eigenvalue weighted by Gasteiger charge is 2.20. The van der Waals surface area contributed by atoms with Gasteiger partial charge < -0.3 is 25.2 Å². The molecule has 1 aromatic rings. The minimum absolute atomic E-state index is 0.0496. The second-order valence-electron chi connectivity index (χ2n) is 5.40. The second-order valence-corrected chi connectivity index (χ2v) is 5.40. The highest BCUT2D eigenvalue weighted by atomic mass is 16.5. The Kier molecular flexibility index (Phi) is 7.90. The van der Waals surface area contributed by atoms with Gasteiger partial charge in [0.05, 0.1) is 13.0 Å². The van der Waals surface area contributed by atoms with Gasteiger partial charge in [-0.1, -0.05) is 18.2 Å². The molecule has 0 aromatic heterocycles. The summed E-state index contributed by atoms with van der Waals surface area (Å²) in [7, 11) is 0. The molecule has 7 nitrogen and oxygen atoms in total. The maximum atomic E-state index is 12.0. The minimum atomic E-state index is -0.974. The van der Waals surface area contributed by atoms with Gasteiger partial charge in [0.25, 0.3) is 0 Å². The summed E-state index contributed by atoms with van der Waals surface area (Å²) >= 11 is 0. The van der Waals surface area contributed by atoms with Crippen molar-refractivity contribution in [2.45, 2.75) is 32.4 Å². The lowest BCUT2D eigenvalue weighted by atomic mass is 10.2. The van der Waals surface area contributed by atoms with Gasteiger partial charge in [-0.2, -0.15) is 0 Å². The molecular formula is C16H24N2O5. The number of carboxylic acids is 1. The lowest BCUT2D eigenvalue weighted by molar-refractivity contribution is -0.136. The van der Waals surface area contributed by atoms with E-state index in [0.29, 0.717) is 5.75 Å². The number of rotatable bonds is 9. The molecule has 7 heteroatoms. The van der Waals surface area contributed by atoms with Crippen molar-refractivity contribution in [3.8, 4) is 5.75 Å². The summed E-state index contributed by atoms with van der Waals surface area (Å²) in [5.74, 6) is -0.328. The van der Waals surface area contributed by atoms with Crippen LogP contribution in [0.1, 0.15) is 20.3 Å². The third-order valence-electron chi connectivity index (χ3n) is 3.09. The number of amides is 2. The van der Waals surface area contributed by atoms with Crippen LogP contribution < -0.4 is 10.1 Å². The van der Waals surface area contributed by atoms with Crippen molar-refractivity contribution in [2.24, 2.45) is 0 Å². The Morgan fingerprint density at radius 2 is 1.91 bits per heavy atom. The average Bonchev–Trinajstić information content (AvgIpc) is 2.50. The van der Waals surface area contributed by atoms with Crippen LogP contribution in [0, 0.1) is 0 Å². The number of hydrogen-bond acceptors (Lipinski definition) is 4. The number of urea groups is 1. The molecule has 23 heavy (non-hydrogen) atoms. The Morgan fingerprint density at radius 1 is 1.26 bits per heavy atom. The third kappa shape index (κ3) is 7.51. The van der Waals surface area contributed by atoms with Crippen LogP contribution in [0.5, 0.6) is 5.75 Å². The minimum Gasteiger partial charge on any atom is -0.491 e. The molecule has 0 bridgehead atoms. The Morgan fingerprint density at radius 3 is 2.48 bits per heavy atom. The number of benzene rings is 1. The summed E-state index contributed by atoms with van der Waals surface area (Å²) in [5, 5.41) is 21.2. The fourth-order valence-corrected chi connectivity index (χ4v) is 1.90. The first-order valence-corrected chi connectivity index (χ1v) is 7.52. The third-order valence-corrected chi connectivity index (χ3v) is 3.09. The molecule has 1 atom stereocenters. The van der Waals surface area contributed by atoms with Crippen LogP contribution in [0.4, 0.5) is 4.79 Å². The number of para-hydroxylation sites is 1. The first kappa shape index (κ1) is 18.8. The molecule has 0 radical (unpaired) electrons. The molecule has 1 aromatic carbocycles. The molecule has 0 heterocycles. The molecule has 0 aliphatic heterocycles. The average molecular weight is 324 g/mol. The number of aliphatic hydroxyl groups excluding tert-OH is 1. The number of carboxylic acid groups (broad SMARTS) is 1. The van der Waals surface area contributed by atoms with Gasteiger partial charge in [0, 0.05) is 12.6 Å². The predicted molar refractivity (Wildman–Crippen MR) is 85.4 cm³/mol. The second kappa shape index (κ2) is 9.68. The Balaban J connectivity index is 2.44. The van der Waals surface area contributed by atoms with E-state index < -0.39 is 18.1 Å². The van der Waals surface area contributed by atoms with Gasteiger partial charge in [0.2, 0.25) is 0 Å². The predicted octanol–water partition coefficient (Wildman–Crippen LogP) is 1.32. The van der Waals surface area contributed by atoms with Gasteiger partial charge in [-0.3, -0.25) is 4.79 Å². The summed E-state index contributed by atoms with van der Waals surface area (Å²) in [5.41, 5.74) is 0.